The third kappa shape index (κ3) is 2.73. The molecule has 19 heavy (non-hydrogen) atoms. The van der Waals surface area contributed by atoms with E-state index in [1.807, 2.05) is 11.6 Å². The minimum absolute atomic E-state index is 0.200. The van der Waals surface area contributed by atoms with Crippen molar-refractivity contribution in [1.29, 1.82) is 0 Å². The smallest absolute Gasteiger partial charge is 0.226 e. The second-order valence-corrected chi connectivity index (χ2v) is 6.32. The Hall–Kier alpha value is -1.16. The van der Waals surface area contributed by atoms with Gasteiger partial charge in [-0.05, 0) is 38.5 Å². The number of rotatable bonds is 2. The van der Waals surface area contributed by atoms with Crippen LogP contribution in [-0.4, -0.2) is 22.3 Å². The number of thiazole rings is 1. The second-order valence-electron chi connectivity index (χ2n) is 5.39. The molecule has 3 nitrogen and oxygen atoms in total. The molecule has 0 spiro atoms. The lowest BCUT2D eigenvalue weighted by molar-refractivity contribution is -0.139. The van der Waals surface area contributed by atoms with Crippen LogP contribution in [0, 0.1) is 5.92 Å². The van der Waals surface area contributed by atoms with E-state index in [1.165, 1.54) is 6.42 Å². The van der Waals surface area contributed by atoms with Crippen molar-refractivity contribution in [3.8, 4) is 0 Å². The summed E-state index contributed by atoms with van der Waals surface area (Å²) in [5.74, 6) is 0.551. The highest BCUT2D eigenvalue weighted by Crippen LogP contribution is 2.34. The van der Waals surface area contributed by atoms with E-state index in [2.05, 4.69) is 22.0 Å². The fourth-order valence-electron chi connectivity index (χ4n) is 3.10. The number of nitrogens with zero attached hydrogens (tertiary/aromatic N) is 2. The standard InChI is InChI=1S/C15H20N2OS/c18-15(12-6-2-1-3-7-12)17-10-5-4-8-13(17)14-16-9-11-19-14/h1-2,9,11-13H,3-8,10H2/t12-,13+/m0/s1. The summed E-state index contributed by atoms with van der Waals surface area (Å²) < 4.78 is 0. The molecule has 1 aromatic rings. The van der Waals surface area contributed by atoms with Gasteiger partial charge in [-0.25, -0.2) is 4.98 Å². The van der Waals surface area contributed by atoms with Crippen molar-refractivity contribution in [2.75, 3.05) is 6.54 Å². The van der Waals surface area contributed by atoms with E-state index in [4.69, 9.17) is 0 Å². The molecular formula is C15H20N2OS. The molecule has 1 aliphatic carbocycles. The van der Waals surface area contributed by atoms with Crippen molar-refractivity contribution in [3.05, 3.63) is 28.7 Å². The Morgan fingerprint density at radius 3 is 3.00 bits per heavy atom. The number of allylic oxidation sites excluding steroid dienone is 2. The lowest BCUT2D eigenvalue weighted by atomic mass is 9.91. The van der Waals surface area contributed by atoms with Crippen LogP contribution in [0.5, 0.6) is 0 Å². The zero-order valence-corrected chi connectivity index (χ0v) is 11.9. The molecule has 1 fully saturated rings. The predicted molar refractivity (Wildman–Crippen MR) is 76.9 cm³/mol. The Kier molecular flexibility index (Phi) is 3.97. The summed E-state index contributed by atoms with van der Waals surface area (Å²) in [6.07, 6.45) is 12.6. The van der Waals surface area contributed by atoms with E-state index in [0.29, 0.717) is 5.91 Å². The molecule has 0 saturated carbocycles. The van der Waals surface area contributed by atoms with Gasteiger partial charge in [0.15, 0.2) is 0 Å². The Morgan fingerprint density at radius 2 is 2.26 bits per heavy atom. The zero-order chi connectivity index (χ0) is 13.1. The summed E-state index contributed by atoms with van der Waals surface area (Å²) in [5, 5.41) is 3.12. The Morgan fingerprint density at radius 1 is 1.32 bits per heavy atom. The molecule has 1 aromatic heterocycles. The summed E-state index contributed by atoms with van der Waals surface area (Å²) in [6.45, 7) is 0.906. The number of hydrogen-bond acceptors (Lipinski definition) is 3. The Balaban J connectivity index is 1.76. The summed E-state index contributed by atoms with van der Waals surface area (Å²) in [4.78, 5) is 19.3. The molecule has 1 aliphatic heterocycles. The molecule has 2 heterocycles. The fourth-order valence-corrected chi connectivity index (χ4v) is 3.89. The van der Waals surface area contributed by atoms with E-state index < -0.39 is 0 Å². The normalized spacial score (nSPS) is 27.5. The van der Waals surface area contributed by atoms with E-state index in [9.17, 15) is 4.79 Å². The minimum atomic E-state index is 0.200. The van der Waals surface area contributed by atoms with Gasteiger partial charge in [0.05, 0.1) is 6.04 Å². The fraction of sp³-hybridized carbons (Fsp3) is 0.600. The SMILES string of the molecule is O=C([C@H]1CC=CCC1)N1CCCC[C@@H]1c1nccs1. The molecule has 0 bridgehead atoms. The molecule has 102 valence electrons. The molecule has 1 amide bonds. The molecular weight excluding hydrogens is 256 g/mol. The average molecular weight is 276 g/mol. The third-order valence-corrected chi connectivity index (χ3v) is 5.02. The lowest BCUT2D eigenvalue weighted by Crippen LogP contribution is -2.42. The quantitative estimate of drug-likeness (QED) is 0.774. The number of likely N-dealkylation sites (tertiary alicyclic amines) is 1. The number of amides is 1. The maximum Gasteiger partial charge on any atom is 0.226 e. The average Bonchev–Trinajstić information content (AvgIpc) is 3.01. The van der Waals surface area contributed by atoms with Crippen molar-refractivity contribution in [3.63, 3.8) is 0 Å². The molecule has 0 aromatic carbocycles. The molecule has 2 aliphatic rings. The minimum Gasteiger partial charge on any atom is -0.333 e. The van der Waals surface area contributed by atoms with Crippen LogP contribution in [-0.2, 0) is 4.79 Å². The number of piperidine rings is 1. The molecule has 0 unspecified atom stereocenters. The predicted octanol–water partition coefficient (Wildman–Crippen LogP) is 3.55. The first kappa shape index (κ1) is 12.9. The molecule has 4 heteroatoms. The highest BCUT2D eigenvalue weighted by molar-refractivity contribution is 7.09. The van der Waals surface area contributed by atoms with Gasteiger partial charge in [-0.2, -0.15) is 0 Å². The van der Waals surface area contributed by atoms with Gasteiger partial charge in [-0.3, -0.25) is 4.79 Å². The first-order valence-corrected chi connectivity index (χ1v) is 8.09. The van der Waals surface area contributed by atoms with Gasteiger partial charge in [-0.15, -0.1) is 11.3 Å². The summed E-state index contributed by atoms with van der Waals surface area (Å²) >= 11 is 1.68. The summed E-state index contributed by atoms with van der Waals surface area (Å²) in [5.41, 5.74) is 0. The molecule has 3 rings (SSSR count). The van der Waals surface area contributed by atoms with E-state index in [-0.39, 0.29) is 12.0 Å². The number of carbonyl (C=O) groups is 1. The molecule has 2 atom stereocenters. The van der Waals surface area contributed by atoms with Gasteiger partial charge >= 0.3 is 0 Å². The molecule has 1 saturated heterocycles. The summed E-state index contributed by atoms with van der Waals surface area (Å²) in [6, 6.07) is 0.229. The first-order valence-electron chi connectivity index (χ1n) is 7.21. The van der Waals surface area contributed by atoms with Gasteiger partial charge in [0, 0.05) is 24.0 Å². The van der Waals surface area contributed by atoms with Crippen LogP contribution in [0.25, 0.3) is 0 Å². The maximum atomic E-state index is 12.7. The maximum absolute atomic E-state index is 12.7. The largest absolute Gasteiger partial charge is 0.333 e. The van der Waals surface area contributed by atoms with Crippen molar-refractivity contribution >= 4 is 17.2 Å². The van der Waals surface area contributed by atoms with Gasteiger partial charge < -0.3 is 4.90 Å². The Labute approximate surface area is 118 Å². The second kappa shape index (κ2) is 5.87. The van der Waals surface area contributed by atoms with E-state index >= 15 is 0 Å². The lowest BCUT2D eigenvalue weighted by Gasteiger charge is -2.37. The number of aromatic nitrogens is 1. The highest BCUT2D eigenvalue weighted by atomic mass is 32.1. The van der Waals surface area contributed by atoms with Crippen molar-refractivity contribution in [2.45, 2.75) is 44.6 Å². The van der Waals surface area contributed by atoms with Crippen LogP contribution in [0.2, 0.25) is 0 Å². The molecule has 0 radical (unpaired) electrons. The Bertz CT molecular complexity index is 455. The molecule has 0 N–H and O–H groups in total. The van der Waals surface area contributed by atoms with E-state index in [1.54, 1.807) is 11.3 Å². The van der Waals surface area contributed by atoms with Crippen molar-refractivity contribution in [1.82, 2.24) is 9.88 Å². The highest BCUT2D eigenvalue weighted by Gasteiger charge is 2.33. The van der Waals surface area contributed by atoms with Crippen molar-refractivity contribution in [2.24, 2.45) is 5.92 Å². The van der Waals surface area contributed by atoms with Crippen LogP contribution in [0.3, 0.4) is 0 Å². The van der Waals surface area contributed by atoms with Crippen LogP contribution in [0.4, 0.5) is 0 Å². The van der Waals surface area contributed by atoms with Crippen LogP contribution in [0.15, 0.2) is 23.7 Å². The van der Waals surface area contributed by atoms with Gasteiger partial charge in [0.25, 0.3) is 0 Å². The van der Waals surface area contributed by atoms with E-state index in [0.717, 1.165) is 43.7 Å². The third-order valence-electron chi connectivity index (χ3n) is 4.14. The summed E-state index contributed by atoms with van der Waals surface area (Å²) in [7, 11) is 0. The number of carbonyl (C=O) groups excluding carboxylic acids is 1. The first-order chi connectivity index (χ1) is 9.36. The topological polar surface area (TPSA) is 33.2 Å². The van der Waals surface area contributed by atoms with Gasteiger partial charge in [-0.1, -0.05) is 12.2 Å². The van der Waals surface area contributed by atoms with Gasteiger partial charge in [0.1, 0.15) is 5.01 Å². The van der Waals surface area contributed by atoms with Gasteiger partial charge in [0.2, 0.25) is 5.91 Å². The van der Waals surface area contributed by atoms with Crippen LogP contribution < -0.4 is 0 Å². The van der Waals surface area contributed by atoms with Crippen LogP contribution >= 0.6 is 11.3 Å². The monoisotopic (exact) mass is 276 g/mol. The van der Waals surface area contributed by atoms with Crippen molar-refractivity contribution < 1.29 is 4.79 Å². The zero-order valence-electron chi connectivity index (χ0n) is 11.1. The van der Waals surface area contributed by atoms with Crippen LogP contribution in [0.1, 0.15) is 49.6 Å². The number of hydrogen-bond donors (Lipinski definition) is 0.